The van der Waals surface area contributed by atoms with E-state index in [1.807, 2.05) is 11.8 Å². The first kappa shape index (κ1) is 14.5. The lowest BCUT2D eigenvalue weighted by molar-refractivity contribution is -0.146. The first-order valence-electron chi connectivity index (χ1n) is 6.63. The minimum absolute atomic E-state index is 0.0762. The highest BCUT2D eigenvalue weighted by atomic mass is 16.5. The fraction of sp³-hybridized carbons (Fsp3) is 0.923. The Morgan fingerprint density at radius 3 is 2.65 bits per heavy atom. The zero-order chi connectivity index (χ0) is 13.0. The van der Waals surface area contributed by atoms with Gasteiger partial charge in [0.2, 0.25) is 5.91 Å². The highest BCUT2D eigenvalue weighted by molar-refractivity contribution is 5.81. The Morgan fingerprint density at radius 1 is 1.47 bits per heavy atom. The molecule has 1 aliphatic heterocycles. The summed E-state index contributed by atoms with van der Waals surface area (Å²) in [6.07, 6.45) is 1.97. The van der Waals surface area contributed by atoms with Crippen LogP contribution in [0.3, 0.4) is 0 Å². The molecule has 0 aromatic rings. The molecule has 17 heavy (non-hydrogen) atoms. The number of hydrogen-bond acceptors (Lipinski definition) is 3. The van der Waals surface area contributed by atoms with Gasteiger partial charge in [0.25, 0.3) is 0 Å². The molecule has 1 heterocycles. The molecule has 0 aliphatic carbocycles. The summed E-state index contributed by atoms with van der Waals surface area (Å²) in [5, 5.41) is 0. The molecule has 0 spiro atoms. The SMILES string of the molecule is CC[C@@H]1CN(C(=O)[C@@H](N)CC(C)C)C[C@@H](C)O1. The van der Waals surface area contributed by atoms with Gasteiger partial charge in [-0.25, -0.2) is 0 Å². The molecule has 0 unspecified atom stereocenters. The minimum Gasteiger partial charge on any atom is -0.372 e. The molecule has 1 saturated heterocycles. The molecule has 1 fully saturated rings. The third-order valence-corrected chi connectivity index (χ3v) is 3.14. The lowest BCUT2D eigenvalue weighted by atomic mass is 10.0. The average Bonchev–Trinajstić information content (AvgIpc) is 2.26. The summed E-state index contributed by atoms with van der Waals surface area (Å²) in [7, 11) is 0. The van der Waals surface area contributed by atoms with Crippen molar-refractivity contribution in [2.75, 3.05) is 13.1 Å². The maximum atomic E-state index is 12.2. The average molecular weight is 242 g/mol. The Balaban J connectivity index is 2.55. The van der Waals surface area contributed by atoms with Gasteiger partial charge in [0, 0.05) is 13.1 Å². The van der Waals surface area contributed by atoms with Gasteiger partial charge in [-0.2, -0.15) is 0 Å². The van der Waals surface area contributed by atoms with E-state index in [4.69, 9.17) is 10.5 Å². The van der Waals surface area contributed by atoms with Crippen LogP contribution < -0.4 is 5.73 Å². The lowest BCUT2D eigenvalue weighted by Gasteiger charge is -2.37. The van der Waals surface area contributed by atoms with E-state index in [0.717, 1.165) is 12.8 Å². The van der Waals surface area contributed by atoms with Crippen molar-refractivity contribution in [2.24, 2.45) is 11.7 Å². The van der Waals surface area contributed by atoms with E-state index in [-0.39, 0.29) is 24.2 Å². The fourth-order valence-corrected chi connectivity index (χ4v) is 2.29. The van der Waals surface area contributed by atoms with Crippen molar-refractivity contribution in [3.63, 3.8) is 0 Å². The van der Waals surface area contributed by atoms with Crippen LogP contribution in [-0.4, -0.2) is 42.1 Å². The van der Waals surface area contributed by atoms with E-state index >= 15 is 0 Å². The topological polar surface area (TPSA) is 55.6 Å². The Bertz CT molecular complexity index is 256. The third-order valence-electron chi connectivity index (χ3n) is 3.14. The Hall–Kier alpha value is -0.610. The van der Waals surface area contributed by atoms with Gasteiger partial charge in [0.15, 0.2) is 0 Å². The summed E-state index contributed by atoms with van der Waals surface area (Å²) < 4.78 is 5.74. The number of carbonyl (C=O) groups excluding carboxylic acids is 1. The Kier molecular flexibility index (Phi) is 5.40. The number of nitrogens with zero attached hydrogens (tertiary/aromatic N) is 1. The second-order valence-electron chi connectivity index (χ2n) is 5.46. The Labute approximate surface area is 104 Å². The fourth-order valence-electron chi connectivity index (χ4n) is 2.29. The first-order chi connectivity index (χ1) is 7.93. The van der Waals surface area contributed by atoms with E-state index < -0.39 is 0 Å². The van der Waals surface area contributed by atoms with Crippen molar-refractivity contribution in [2.45, 2.75) is 58.8 Å². The molecule has 1 amide bonds. The maximum Gasteiger partial charge on any atom is 0.239 e. The molecule has 3 atom stereocenters. The molecular formula is C13H26N2O2. The van der Waals surface area contributed by atoms with E-state index in [9.17, 15) is 4.79 Å². The molecule has 4 nitrogen and oxygen atoms in total. The summed E-state index contributed by atoms with van der Waals surface area (Å²) in [5.74, 6) is 0.529. The Morgan fingerprint density at radius 2 is 2.12 bits per heavy atom. The van der Waals surface area contributed by atoms with Crippen molar-refractivity contribution in [3.8, 4) is 0 Å². The van der Waals surface area contributed by atoms with Gasteiger partial charge in [0.1, 0.15) is 0 Å². The highest BCUT2D eigenvalue weighted by Gasteiger charge is 2.30. The molecule has 0 radical (unpaired) electrons. The van der Waals surface area contributed by atoms with Crippen molar-refractivity contribution in [3.05, 3.63) is 0 Å². The highest BCUT2D eigenvalue weighted by Crippen LogP contribution is 2.15. The monoisotopic (exact) mass is 242 g/mol. The normalized spacial score (nSPS) is 27.3. The second-order valence-corrected chi connectivity index (χ2v) is 5.46. The second kappa shape index (κ2) is 6.36. The molecule has 100 valence electrons. The number of nitrogens with two attached hydrogens (primary N) is 1. The van der Waals surface area contributed by atoms with Gasteiger partial charge in [-0.1, -0.05) is 20.8 Å². The van der Waals surface area contributed by atoms with Crippen molar-refractivity contribution < 1.29 is 9.53 Å². The summed E-state index contributed by atoms with van der Waals surface area (Å²) in [5.41, 5.74) is 5.95. The predicted molar refractivity (Wildman–Crippen MR) is 68.6 cm³/mol. The van der Waals surface area contributed by atoms with Crippen molar-refractivity contribution >= 4 is 5.91 Å². The number of hydrogen-bond donors (Lipinski definition) is 1. The zero-order valence-corrected chi connectivity index (χ0v) is 11.5. The molecule has 0 bridgehead atoms. The summed E-state index contributed by atoms with van der Waals surface area (Å²) in [6.45, 7) is 9.62. The van der Waals surface area contributed by atoms with Gasteiger partial charge in [-0.05, 0) is 25.7 Å². The maximum absolute atomic E-state index is 12.2. The first-order valence-corrected chi connectivity index (χ1v) is 6.63. The summed E-state index contributed by atoms with van der Waals surface area (Å²) >= 11 is 0. The molecule has 4 heteroatoms. The number of carbonyl (C=O) groups is 1. The predicted octanol–water partition coefficient (Wildman–Crippen LogP) is 1.39. The van der Waals surface area contributed by atoms with Crippen LogP contribution in [0, 0.1) is 5.92 Å². The number of amides is 1. The summed E-state index contributed by atoms with van der Waals surface area (Å²) in [4.78, 5) is 14.1. The van der Waals surface area contributed by atoms with Crippen LogP contribution in [0.2, 0.25) is 0 Å². The van der Waals surface area contributed by atoms with Crippen LogP contribution in [0.5, 0.6) is 0 Å². The van der Waals surface area contributed by atoms with E-state index in [0.29, 0.717) is 19.0 Å². The standard InChI is InChI=1S/C13H26N2O2/c1-5-11-8-15(7-10(4)17-11)13(16)12(14)6-9(2)3/h9-12H,5-8,14H2,1-4H3/t10-,11-,12+/m1/s1. The van der Waals surface area contributed by atoms with Crippen LogP contribution >= 0.6 is 0 Å². The number of ether oxygens (including phenoxy) is 1. The smallest absolute Gasteiger partial charge is 0.239 e. The quantitative estimate of drug-likeness (QED) is 0.810. The molecular weight excluding hydrogens is 216 g/mol. The van der Waals surface area contributed by atoms with Crippen LogP contribution in [-0.2, 0) is 9.53 Å². The van der Waals surface area contributed by atoms with Crippen molar-refractivity contribution in [1.82, 2.24) is 4.90 Å². The largest absolute Gasteiger partial charge is 0.372 e. The zero-order valence-electron chi connectivity index (χ0n) is 11.5. The molecule has 2 N–H and O–H groups in total. The van der Waals surface area contributed by atoms with Gasteiger partial charge < -0.3 is 15.4 Å². The molecule has 0 aromatic heterocycles. The van der Waals surface area contributed by atoms with Gasteiger partial charge in [-0.15, -0.1) is 0 Å². The summed E-state index contributed by atoms with van der Waals surface area (Å²) in [6, 6.07) is -0.363. The van der Waals surface area contributed by atoms with Crippen molar-refractivity contribution in [1.29, 1.82) is 0 Å². The van der Waals surface area contributed by atoms with Crippen LogP contribution in [0.15, 0.2) is 0 Å². The van der Waals surface area contributed by atoms with Gasteiger partial charge in [-0.3, -0.25) is 4.79 Å². The van der Waals surface area contributed by atoms with Crippen LogP contribution in [0.4, 0.5) is 0 Å². The third kappa shape index (κ3) is 4.28. The van der Waals surface area contributed by atoms with E-state index in [1.54, 1.807) is 0 Å². The molecule has 0 saturated carbocycles. The lowest BCUT2D eigenvalue weighted by Crippen LogP contribution is -2.53. The van der Waals surface area contributed by atoms with Gasteiger partial charge in [0.05, 0.1) is 18.2 Å². The molecule has 1 rings (SSSR count). The number of rotatable bonds is 4. The van der Waals surface area contributed by atoms with Crippen LogP contribution in [0.1, 0.15) is 40.5 Å². The number of morpholine rings is 1. The van der Waals surface area contributed by atoms with E-state index in [2.05, 4.69) is 20.8 Å². The van der Waals surface area contributed by atoms with Gasteiger partial charge >= 0.3 is 0 Å². The van der Waals surface area contributed by atoms with Crippen LogP contribution in [0.25, 0.3) is 0 Å². The molecule has 1 aliphatic rings. The van der Waals surface area contributed by atoms with E-state index in [1.165, 1.54) is 0 Å². The minimum atomic E-state index is -0.363. The molecule has 0 aromatic carbocycles.